The van der Waals surface area contributed by atoms with Crippen LogP contribution in [0.3, 0.4) is 0 Å². The Morgan fingerprint density at radius 2 is 2.30 bits per heavy atom. The van der Waals surface area contributed by atoms with Crippen LogP contribution in [0.4, 0.5) is 11.4 Å². The lowest BCUT2D eigenvalue weighted by atomic mass is 10.1. The van der Waals surface area contributed by atoms with Crippen LogP contribution < -0.4 is 10.6 Å². The maximum Gasteiger partial charge on any atom is 0.256 e. The number of amides is 1. The van der Waals surface area contributed by atoms with E-state index in [0.29, 0.717) is 24.4 Å². The van der Waals surface area contributed by atoms with Gasteiger partial charge in [0, 0.05) is 32.0 Å². The molecule has 6 nitrogen and oxygen atoms in total. The monoisotopic (exact) mass is 274 g/mol. The van der Waals surface area contributed by atoms with E-state index in [9.17, 15) is 4.79 Å². The molecule has 1 aromatic rings. The first-order chi connectivity index (χ1) is 9.52. The van der Waals surface area contributed by atoms with E-state index in [0.717, 1.165) is 5.69 Å². The Labute approximate surface area is 118 Å². The van der Waals surface area contributed by atoms with Crippen molar-refractivity contribution >= 4 is 17.3 Å². The Morgan fingerprint density at radius 1 is 1.55 bits per heavy atom. The zero-order chi connectivity index (χ0) is 14.7. The summed E-state index contributed by atoms with van der Waals surface area (Å²) in [4.78, 5) is 16.1. The molecule has 1 unspecified atom stereocenters. The first kappa shape index (κ1) is 14.2. The number of anilines is 2. The molecule has 1 amide bonds. The van der Waals surface area contributed by atoms with Crippen molar-refractivity contribution in [3.8, 4) is 6.07 Å². The fourth-order valence-electron chi connectivity index (χ4n) is 2.20. The largest absolute Gasteiger partial charge is 0.399 e. The van der Waals surface area contributed by atoms with E-state index in [1.54, 1.807) is 17.0 Å². The molecule has 1 fully saturated rings. The predicted octanol–water partition coefficient (Wildman–Crippen LogP) is 0.699. The molecule has 1 aromatic carbocycles. The zero-order valence-electron chi connectivity index (χ0n) is 11.7. The Bertz CT molecular complexity index is 551. The highest BCUT2D eigenvalue weighted by Gasteiger charge is 2.26. The van der Waals surface area contributed by atoms with Crippen molar-refractivity contribution in [2.45, 2.75) is 6.10 Å². The van der Waals surface area contributed by atoms with E-state index < -0.39 is 6.10 Å². The average molecular weight is 274 g/mol. The van der Waals surface area contributed by atoms with Crippen molar-refractivity contribution in [1.29, 1.82) is 5.26 Å². The van der Waals surface area contributed by atoms with Gasteiger partial charge in [-0.2, -0.15) is 5.26 Å². The molecule has 0 aliphatic carbocycles. The highest BCUT2D eigenvalue weighted by Crippen LogP contribution is 2.23. The van der Waals surface area contributed by atoms with Crippen molar-refractivity contribution in [3.63, 3.8) is 0 Å². The number of hydrogen-bond acceptors (Lipinski definition) is 5. The van der Waals surface area contributed by atoms with E-state index in [2.05, 4.69) is 0 Å². The van der Waals surface area contributed by atoms with Crippen LogP contribution in [0.2, 0.25) is 0 Å². The Balaban J connectivity index is 2.29. The standard InChI is InChI=1S/C14H18N4O2/c1-17(2)13-4-3-10(16)7-12(13)14(19)18-5-6-20-11(8-15)9-18/h3-4,7,11H,5-6,9,16H2,1-2H3. The molecule has 20 heavy (non-hydrogen) atoms. The smallest absolute Gasteiger partial charge is 0.256 e. The van der Waals surface area contributed by atoms with E-state index in [1.165, 1.54) is 0 Å². The summed E-state index contributed by atoms with van der Waals surface area (Å²) in [6.07, 6.45) is -0.559. The number of nitriles is 1. The Morgan fingerprint density at radius 3 is 2.95 bits per heavy atom. The summed E-state index contributed by atoms with van der Waals surface area (Å²) in [6, 6.07) is 7.30. The molecule has 0 saturated carbocycles. The maximum atomic E-state index is 12.6. The lowest BCUT2D eigenvalue weighted by molar-refractivity contribution is 0.00350. The third kappa shape index (κ3) is 2.83. The molecule has 1 heterocycles. The summed E-state index contributed by atoms with van der Waals surface area (Å²) in [5, 5.41) is 8.91. The molecule has 2 rings (SSSR count). The van der Waals surface area contributed by atoms with Crippen molar-refractivity contribution in [2.75, 3.05) is 44.4 Å². The van der Waals surface area contributed by atoms with Crippen molar-refractivity contribution in [3.05, 3.63) is 23.8 Å². The molecule has 0 aromatic heterocycles. The molecule has 2 N–H and O–H groups in total. The Hall–Kier alpha value is -2.26. The highest BCUT2D eigenvalue weighted by atomic mass is 16.5. The normalized spacial score (nSPS) is 18.4. The molecule has 1 atom stereocenters. The zero-order valence-corrected chi connectivity index (χ0v) is 11.7. The fourth-order valence-corrected chi connectivity index (χ4v) is 2.20. The number of nitrogen functional groups attached to an aromatic ring is 1. The number of rotatable bonds is 2. The quantitative estimate of drug-likeness (QED) is 0.803. The van der Waals surface area contributed by atoms with Gasteiger partial charge in [0.05, 0.1) is 24.8 Å². The number of nitrogens with two attached hydrogens (primary N) is 1. The van der Waals surface area contributed by atoms with Crippen LogP contribution in [0.1, 0.15) is 10.4 Å². The van der Waals surface area contributed by atoms with Gasteiger partial charge in [-0.05, 0) is 18.2 Å². The van der Waals surface area contributed by atoms with Crippen LogP contribution in [-0.4, -0.2) is 50.7 Å². The van der Waals surface area contributed by atoms with Gasteiger partial charge >= 0.3 is 0 Å². The predicted molar refractivity (Wildman–Crippen MR) is 76.4 cm³/mol. The van der Waals surface area contributed by atoms with Crippen LogP contribution >= 0.6 is 0 Å². The number of ether oxygens (including phenoxy) is 1. The van der Waals surface area contributed by atoms with Gasteiger partial charge in [0.25, 0.3) is 5.91 Å². The van der Waals surface area contributed by atoms with E-state index in [1.807, 2.05) is 31.1 Å². The van der Waals surface area contributed by atoms with Gasteiger partial charge < -0.3 is 20.3 Å². The number of benzene rings is 1. The van der Waals surface area contributed by atoms with Gasteiger partial charge in [0.2, 0.25) is 0 Å². The third-order valence-corrected chi connectivity index (χ3v) is 3.23. The highest BCUT2D eigenvalue weighted by molar-refractivity contribution is 6.00. The number of carbonyl (C=O) groups excluding carboxylic acids is 1. The summed E-state index contributed by atoms with van der Waals surface area (Å²) in [5.74, 6) is -0.121. The number of hydrogen-bond donors (Lipinski definition) is 1. The SMILES string of the molecule is CN(C)c1ccc(N)cc1C(=O)N1CCOC(C#N)C1. The van der Waals surface area contributed by atoms with Crippen LogP contribution in [0.25, 0.3) is 0 Å². The van der Waals surface area contributed by atoms with E-state index in [4.69, 9.17) is 15.7 Å². The molecule has 0 bridgehead atoms. The molecule has 6 heteroatoms. The van der Waals surface area contributed by atoms with Gasteiger partial charge in [-0.3, -0.25) is 4.79 Å². The summed E-state index contributed by atoms with van der Waals surface area (Å²) in [7, 11) is 3.75. The minimum Gasteiger partial charge on any atom is -0.399 e. The van der Waals surface area contributed by atoms with Gasteiger partial charge in [-0.15, -0.1) is 0 Å². The summed E-state index contributed by atoms with van der Waals surface area (Å²) in [5.41, 5.74) is 7.69. The molecule has 0 spiro atoms. The van der Waals surface area contributed by atoms with Gasteiger partial charge in [-0.1, -0.05) is 0 Å². The molecular formula is C14H18N4O2. The van der Waals surface area contributed by atoms with E-state index in [-0.39, 0.29) is 12.5 Å². The second-order valence-electron chi connectivity index (χ2n) is 4.91. The van der Waals surface area contributed by atoms with Crippen molar-refractivity contribution in [2.24, 2.45) is 0 Å². The summed E-state index contributed by atoms with van der Waals surface area (Å²) < 4.78 is 5.25. The number of carbonyl (C=O) groups is 1. The molecule has 0 radical (unpaired) electrons. The number of morpholine rings is 1. The number of nitrogens with zero attached hydrogens (tertiary/aromatic N) is 3. The third-order valence-electron chi connectivity index (χ3n) is 3.23. The van der Waals surface area contributed by atoms with Crippen molar-refractivity contribution < 1.29 is 9.53 Å². The summed E-state index contributed by atoms with van der Waals surface area (Å²) in [6.45, 7) is 1.15. The average Bonchev–Trinajstić information content (AvgIpc) is 2.46. The van der Waals surface area contributed by atoms with Gasteiger partial charge in [0.15, 0.2) is 6.10 Å². The van der Waals surface area contributed by atoms with Crippen LogP contribution in [0, 0.1) is 11.3 Å². The lowest BCUT2D eigenvalue weighted by Gasteiger charge is -2.31. The fraction of sp³-hybridized carbons (Fsp3) is 0.429. The maximum absolute atomic E-state index is 12.6. The topological polar surface area (TPSA) is 82.6 Å². The molecule has 1 aliphatic heterocycles. The van der Waals surface area contributed by atoms with Crippen LogP contribution in [-0.2, 0) is 4.74 Å². The minimum atomic E-state index is -0.559. The first-order valence-electron chi connectivity index (χ1n) is 6.40. The van der Waals surface area contributed by atoms with Gasteiger partial charge in [0.1, 0.15) is 0 Å². The molecular weight excluding hydrogens is 256 g/mol. The summed E-state index contributed by atoms with van der Waals surface area (Å²) >= 11 is 0. The lowest BCUT2D eigenvalue weighted by Crippen LogP contribution is -2.45. The second-order valence-corrected chi connectivity index (χ2v) is 4.91. The molecule has 1 aliphatic rings. The Kier molecular flexibility index (Phi) is 4.11. The molecule has 106 valence electrons. The van der Waals surface area contributed by atoms with Crippen LogP contribution in [0.15, 0.2) is 18.2 Å². The first-order valence-corrected chi connectivity index (χ1v) is 6.40. The second kappa shape index (κ2) is 5.80. The van der Waals surface area contributed by atoms with Crippen molar-refractivity contribution in [1.82, 2.24) is 4.90 Å². The van der Waals surface area contributed by atoms with E-state index >= 15 is 0 Å². The minimum absolute atomic E-state index is 0.121. The van der Waals surface area contributed by atoms with Crippen LogP contribution in [0.5, 0.6) is 0 Å². The van der Waals surface area contributed by atoms with Gasteiger partial charge in [-0.25, -0.2) is 0 Å². The molecule has 1 saturated heterocycles.